The van der Waals surface area contributed by atoms with Gasteiger partial charge in [0.05, 0.1) is 0 Å². The molecule has 0 saturated carbocycles. The Balaban J connectivity index is 1.21. The van der Waals surface area contributed by atoms with Crippen molar-refractivity contribution in [3.8, 4) is 11.5 Å². The van der Waals surface area contributed by atoms with Crippen LogP contribution < -0.4 is 10.1 Å². The van der Waals surface area contributed by atoms with Crippen LogP contribution in [-0.4, -0.2) is 23.5 Å². The van der Waals surface area contributed by atoms with Crippen molar-refractivity contribution in [3.05, 3.63) is 90.6 Å². The maximum atomic E-state index is 12.1. The average molecular weight is 414 g/mol. The molecule has 3 aromatic carbocycles. The highest BCUT2D eigenvalue weighted by atomic mass is 16.5. The molecule has 4 aromatic rings. The Hall–Kier alpha value is -4.06. The molecule has 0 spiro atoms. The molecular formula is C25H22N2O4. The third-order valence-corrected chi connectivity index (χ3v) is 4.75. The number of benzene rings is 3. The Labute approximate surface area is 179 Å². The molecule has 0 atom stereocenters. The summed E-state index contributed by atoms with van der Waals surface area (Å²) in [7, 11) is 0. The number of hydrogen-bond acceptors (Lipinski definition) is 4. The van der Waals surface area contributed by atoms with Gasteiger partial charge in [-0.1, -0.05) is 36.4 Å². The molecule has 6 heteroatoms. The third kappa shape index (κ3) is 5.51. The van der Waals surface area contributed by atoms with E-state index in [1.165, 1.54) is 0 Å². The minimum Gasteiger partial charge on any atom is -0.457 e. The normalized spacial score (nSPS) is 10.6. The summed E-state index contributed by atoms with van der Waals surface area (Å²) < 4.78 is 10.8. The van der Waals surface area contributed by atoms with Gasteiger partial charge in [-0.05, 0) is 54.4 Å². The Morgan fingerprint density at radius 1 is 0.839 bits per heavy atom. The predicted octanol–water partition coefficient (Wildman–Crippen LogP) is 5.07. The number of ether oxygens (including phenoxy) is 2. The van der Waals surface area contributed by atoms with E-state index in [1.54, 1.807) is 24.3 Å². The van der Waals surface area contributed by atoms with E-state index in [0.717, 1.165) is 22.2 Å². The quantitative estimate of drug-likeness (QED) is 0.394. The van der Waals surface area contributed by atoms with Crippen LogP contribution in [0.3, 0.4) is 0 Å². The number of aromatic amines is 1. The number of hydrogen-bond donors (Lipinski definition) is 2. The number of fused-ring (bicyclic) bond motifs is 1. The van der Waals surface area contributed by atoms with Crippen molar-refractivity contribution in [2.75, 3.05) is 11.9 Å². The smallest absolute Gasteiger partial charge is 0.306 e. The molecule has 31 heavy (non-hydrogen) atoms. The first-order chi connectivity index (χ1) is 15.2. The van der Waals surface area contributed by atoms with E-state index in [4.69, 9.17) is 9.47 Å². The van der Waals surface area contributed by atoms with Crippen molar-refractivity contribution in [2.24, 2.45) is 0 Å². The molecule has 0 saturated heterocycles. The zero-order valence-corrected chi connectivity index (χ0v) is 16.8. The standard InChI is InChI=1S/C25H22N2O4/c28-24(27-19-11-13-21(14-12-19)31-20-6-2-1-3-7-20)17-30-25(29)15-10-18-16-26-23-9-5-4-8-22(18)23/h1-9,11-14,16,26H,10,15,17H2,(H,27,28). The van der Waals surface area contributed by atoms with Crippen LogP contribution in [0.5, 0.6) is 11.5 Å². The Morgan fingerprint density at radius 2 is 1.55 bits per heavy atom. The lowest BCUT2D eigenvalue weighted by molar-refractivity contribution is -0.147. The predicted molar refractivity (Wildman–Crippen MR) is 119 cm³/mol. The van der Waals surface area contributed by atoms with Crippen LogP contribution in [0.15, 0.2) is 85.1 Å². The second kappa shape index (κ2) is 9.63. The topological polar surface area (TPSA) is 80.4 Å². The van der Waals surface area contributed by atoms with Crippen molar-refractivity contribution >= 4 is 28.5 Å². The average Bonchev–Trinajstić information content (AvgIpc) is 3.21. The Kier molecular flexibility index (Phi) is 6.28. The van der Waals surface area contributed by atoms with Gasteiger partial charge in [0.25, 0.3) is 5.91 Å². The molecule has 0 radical (unpaired) electrons. The fraction of sp³-hybridized carbons (Fsp3) is 0.120. The van der Waals surface area contributed by atoms with Gasteiger partial charge in [-0.15, -0.1) is 0 Å². The SMILES string of the molecule is O=C(COC(=O)CCc1c[nH]c2ccccc12)Nc1ccc(Oc2ccccc2)cc1. The van der Waals surface area contributed by atoms with Crippen LogP contribution in [0.1, 0.15) is 12.0 Å². The number of carbonyl (C=O) groups excluding carboxylic acids is 2. The minimum atomic E-state index is -0.410. The zero-order chi connectivity index (χ0) is 21.5. The second-order valence-electron chi connectivity index (χ2n) is 7.01. The van der Waals surface area contributed by atoms with E-state index in [1.807, 2.05) is 60.8 Å². The lowest BCUT2D eigenvalue weighted by Gasteiger charge is -2.08. The molecule has 0 unspecified atom stereocenters. The number of anilines is 1. The summed E-state index contributed by atoms with van der Waals surface area (Å²) >= 11 is 0. The molecule has 1 aromatic heterocycles. The number of rotatable bonds is 8. The number of amides is 1. The van der Waals surface area contributed by atoms with Crippen LogP contribution in [0.25, 0.3) is 10.9 Å². The van der Waals surface area contributed by atoms with E-state index in [2.05, 4.69) is 10.3 Å². The number of para-hydroxylation sites is 2. The summed E-state index contributed by atoms with van der Waals surface area (Å²) in [4.78, 5) is 27.3. The van der Waals surface area contributed by atoms with Gasteiger partial charge in [0, 0.05) is 29.2 Å². The highest BCUT2D eigenvalue weighted by molar-refractivity contribution is 5.93. The molecule has 0 fully saturated rings. The number of aromatic nitrogens is 1. The van der Waals surface area contributed by atoms with Gasteiger partial charge in [-0.25, -0.2) is 0 Å². The van der Waals surface area contributed by atoms with Crippen LogP contribution in [0.4, 0.5) is 5.69 Å². The second-order valence-corrected chi connectivity index (χ2v) is 7.01. The Morgan fingerprint density at radius 3 is 2.35 bits per heavy atom. The largest absolute Gasteiger partial charge is 0.457 e. The van der Waals surface area contributed by atoms with Crippen molar-refractivity contribution in [3.63, 3.8) is 0 Å². The third-order valence-electron chi connectivity index (χ3n) is 4.75. The first-order valence-corrected chi connectivity index (χ1v) is 10.0. The molecule has 4 rings (SSSR count). The molecule has 1 amide bonds. The molecule has 0 aliphatic carbocycles. The van der Waals surface area contributed by atoms with E-state index in [9.17, 15) is 9.59 Å². The number of H-pyrrole nitrogens is 1. The maximum Gasteiger partial charge on any atom is 0.306 e. The summed E-state index contributed by atoms with van der Waals surface area (Å²) in [6.07, 6.45) is 2.66. The lowest BCUT2D eigenvalue weighted by atomic mass is 10.1. The minimum absolute atomic E-state index is 0.209. The molecule has 1 heterocycles. The summed E-state index contributed by atoms with van der Waals surface area (Å²) in [5.74, 6) is 0.593. The van der Waals surface area contributed by atoms with Gasteiger partial charge in [-0.3, -0.25) is 9.59 Å². The molecule has 0 aliphatic rings. The molecule has 2 N–H and O–H groups in total. The highest BCUT2D eigenvalue weighted by Crippen LogP contribution is 2.22. The van der Waals surface area contributed by atoms with E-state index in [0.29, 0.717) is 17.9 Å². The molecule has 0 bridgehead atoms. The van der Waals surface area contributed by atoms with E-state index in [-0.39, 0.29) is 13.0 Å². The summed E-state index contributed by atoms with van der Waals surface area (Å²) in [6, 6.07) is 24.3. The van der Waals surface area contributed by atoms with Gasteiger partial charge in [0.1, 0.15) is 11.5 Å². The first-order valence-electron chi connectivity index (χ1n) is 10.0. The summed E-state index contributed by atoms with van der Waals surface area (Å²) in [6.45, 7) is -0.324. The van der Waals surface area contributed by atoms with E-state index >= 15 is 0 Å². The summed E-state index contributed by atoms with van der Waals surface area (Å²) in [5.41, 5.74) is 2.68. The first kappa shape index (κ1) is 20.2. The monoisotopic (exact) mass is 414 g/mol. The van der Waals surface area contributed by atoms with Gasteiger partial charge in [0.15, 0.2) is 6.61 Å². The number of nitrogens with one attached hydrogen (secondary N) is 2. The lowest BCUT2D eigenvalue weighted by Crippen LogP contribution is -2.21. The van der Waals surface area contributed by atoms with Crippen molar-refractivity contribution < 1.29 is 19.1 Å². The van der Waals surface area contributed by atoms with Gasteiger partial charge in [-0.2, -0.15) is 0 Å². The maximum absolute atomic E-state index is 12.1. The van der Waals surface area contributed by atoms with E-state index < -0.39 is 11.9 Å². The summed E-state index contributed by atoms with van der Waals surface area (Å²) in [5, 5.41) is 3.80. The zero-order valence-electron chi connectivity index (χ0n) is 16.8. The number of carbonyl (C=O) groups is 2. The highest BCUT2D eigenvalue weighted by Gasteiger charge is 2.10. The van der Waals surface area contributed by atoms with Crippen LogP contribution in [0, 0.1) is 0 Å². The fourth-order valence-corrected chi connectivity index (χ4v) is 3.22. The van der Waals surface area contributed by atoms with Crippen molar-refractivity contribution in [1.29, 1.82) is 0 Å². The molecule has 6 nitrogen and oxygen atoms in total. The van der Waals surface area contributed by atoms with Crippen LogP contribution in [0.2, 0.25) is 0 Å². The molecule has 156 valence electrons. The fourth-order valence-electron chi connectivity index (χ4n) is 3.22. The Bertz CT molecular complexity index is 1170. The van der Waals surface area contributed by atoms with Gasteiger partial charge < -0.3 is 19.8 Å². The molecular weight excluding hydrogens is 392 g/mol. The molecule has 0 aliphatic heterocycles. The van der Waals surface area contributed by atoms with Crippen LogP contribution >= 0.6 is 0 Å². The van der Waals surface area contributed by atoms with Gasteiger partial charge in [0.2, 0.25) is 0 Å². The van der Waals surface area contributed by atoms with Crippen molar-refractivity contribution in [1.82, 2.24) is 4.98 Å². The van der Waals surface area contributed by atoms with Gasteiger partial charge >= 0.3 is 5.97 Å². The number of aryl methyl sites for hydroxylation is 1. The van der Waals surface area contributed by atoms with Crippen molar-refractivity contribution in [2.45, 2.75) is 12.8 Å². The van der Waals surface area contributed by atoms with Crippen LogP contribution in [-0.2, 0) is 20.7 Å². The number of esters is 1.